The molecule has 0 N–H and O–H groups in total. The van der Waals surface area contributed by atoms with E-state index >= 15 is 0 Å². The van der Waals surface area contributed by atoms with Crippen molar-refractivity contribution in [2.45, 2.75) is 12.6 Å². The van der Waals surface area contributed by atoms with E-state index in [1.54, 1.807) is 23.0 Å². The number of rotatable bonds is 3. The van der Waals surface area contributed by atoms with Gasteiger partial charge in [0, 0.05) is 43.5 Å². The van der Waals surface area contributed by atoms with Crippen LogP contribution >= 0.6 is 11.3 Å². The number of amides is 1. The Bertz CT molecular complexity index is 690. The van der Waals surface area contributed by atoms with Gasteiger partial charge in [-0.25, -0.2) is 9.37 Å². The van der Waals surface area contributed by atoms with Gasteiger partial charge in [-0.05, 0) is 17.7 Å². The fraction of sp³-hybridized carbons (Fsp3) is 0.375. The van der Waals surface area contributed by atoms with E-state index < -0.39 is 0 Å². The number of hydrogen-bond acceptors (Lipinski definition) is 4. The maximum Gasteiger partial charge on any atom is 0.273 e. The van der Waals surface area contributed by atoms with Crippen LogP contribution in [0.2, 0.25) is 0 Å². The van der Waals surface area contributed by atoms with Gasteiger partial charge in [0.25, 0.3) is 5.91 Å². The predicted octanol–water partition coefficient (Wildman–Crippen LogP) is 2.24. The van der Waals surface area contributed by atoms with Crippen LogP contribution in [0.1, 0.15) is 16.1 Å². The fourth-order valence-electron chi connectivity index (χ4n) is 3.44. The van der Waals surface area contributed by atoms with Crippen molar-refractivity contribution in [3.8, 4) is 0 Å². The quantitative estimate of drug-likeness (QED) is 0.871. The first-order valence-corrected chi connectivity index (χ1v) is 8.31. The minimum absolute atomic E-state index is 0.0290. The highest BCUT2D eigenvalue weighted by Crippen LogP contribution is 2.34. The normalized spacial score (nSPS) is 24.1. The highest BCUT2D eigenvalue weighted by Gasteiger charge is 2.46. The third kappa shape index (κ3) is 2.42. The average molecular weight is 317 g/mol. The lowest BCUT2D eigenvalue weighted by Crippen LogP contribution is -2.54. The molecule has 2 fully saturated rings. The standard InChI is InChI=1S/C16H16FN3OS/c17-13-3-1-2-11(4-13)5-19-6-12-7-20(8-15(12)19)16(21)14-9-22-10-18-14/h1-4,9-10,12,15H,5-8H2/t12-,15+/m0/s1. The lowest BCUT2D eigenvalue weighted by Gasteiger charge is -2.43. The molecule has 4 nitrogen and oxygen atoms in total. The highest BCUT2D eigenvalue weighted by atomic mass is 32.1. The molecule has 2 aliphatic rings. The molecule has 0 unspecified atom stereocenters. The largest absolute Gasteiger partial charge is 0.335 e. The molecule has 0 bridgehead atoms. The number of fused-ring (bicyclic) bond motifs is 1. The molecule has 22 heavy (non-hydrogen) atoms. The fourth-order valence-corrected chi connectivity index (χ4v) is 3.97. The van der Waals surface area contributed by atoms with Gasteiger partial charge in [-0.15, -0.1) is 11.3 Å². The molecule has 2 saturated heterocycles. The Labute approximate surface area is 132 Å². The summed E-state index contributed by atoms with van der Waals surface area (Å²) >= 11 is 1.44. The van der Waals surface area contributed by atoms with E-state index in [2.05, 4.69) is 9.88 Å². The molecule has 1 aromatic carbocycles. The zero-order valence-electron chi connectivity index (χ0n) is 12.0. The number of benzene rings is 1. The minimum Gasteiger partial charge on any atom is -0.335 e. The number of thiazole rings is 1. The van der Waals surface area contributed by atoms with Crippen LogP contribution < -0.4 is 0 Å². The van der Waals surface area contributed by atoms with Crippen molar-refractivity contribution < 1.29 is 9.18 Å². The highest BCUT2D eigenvalue weighted by molar-refractivity contribution is 7.07. The molecule has 0 aliphatic carbocycles. The van der Waals surface area contributed by atoms with Crippen LogP contribution in [0.25, 0.3) is 0 Å². The molecule has 2 aliphatic heterocycles. The van der Waals surface area contributed by atoms with Gasteiger partial charge in [-0.3, -0.25) is 9.69 Å². The predicted molar refractivity (Wildman–Crippen MR) is 82.1 cm³/mol. The molecule has 0 radical (unpaired) electrons. The molecular weight excluding hydrogens is 301 g/mol. The summed E-state index contributed by atoms with van der Waals surface area (Å²) in [6.07, 6.45) is 0. The number of aromatic nitrogens is 1. The Morgan fingerprint density at radius 2 is 2.27 bits per heavy atom. The van der Waals surface area contributed by atoms with Crippen LogP contribution in [0, 0.1) is 11.7 Å². The van der Waals surface area contributed by atoms with Gasteiger partial charge in [0.2, 0.25) is 0 Å². The van der Waals surface area contributed by atoms with Crippen molar-refractivity contribution in [3.63, 3.8) is 0 Å². The Morgan fingerprint density at radius 1 is 1.36 bits per heavy atom. The second kappa shape index (κ2) is 5.44. The maximum absolute atomic E-state index is 13.3. The molecule has 2 aromatic rings. The summed E-state index contributed by atoms with van der Waals surface area (Å²) in [5.74, 6) is 0.374. The second-order valence-electron chi connectivity index (χ2n) is 5.97. The summed E-state index contributed by atoms with van der Waals surface area (Å²) in [6.45, 7) is 3.27. The first-order valence-electron chi connectivity index (χ1n) is 7.36. The van der Waals surface area contributed by atoms with Crippen molar-refractivity contribution in [2.24, 2.45) is 5.92 Å². The van der Waals surface area contributed by atoms with E-state index in [4.69, 9.17) is 0 Å². The van der Waals surface area contributed by atoms with Gasteiger partial charge in [-0.1, -0.05) is 12.1 Å². The third-order valence-electron chi connectivity index (χ3n) is 4.56. The first-order chi connectivity index (χ1) is 10.7. The van der Waals surface area contributed by atoms with Crippen LogP contribution in [0.15, 0.2) is 35.2 Å². The van der Waals surface area contributed by atoms with Crippen molar-refractivity contribution in [1.82, 2.24) is 14.8 Å². The van der Waals surface area contributed by atoms with Crippen LogP contribution in [0.4, 0.5) is 4.39 Å². The number of halogens is 1. The zero-order chi connectivity index (χ0) is 15.1. The van der Waals surface area contributed by atoms with Gasteiger partial charge in [0.1, 0.15) is 11.5 Å². The van der Waals surface area contributed by atoms with Crippen LogP contribution in [0.5, 0.6) is 0 Å². The molecule has 1 aromatic heterocycles. The van der Waals surface area contributed by atoms with Crippen LogP contribution in [-0.4, -0.2) is 46.4 Å². The van der Waals surface area contributed by atoms with Crippen LogP contribution in [-0.2, 0) is 6.54 Å². The third-order valence-corrected chi connectivity index (χ3v) is 5.14. The Kier molecular flexibility index (Phi) is 3.43. The zero-order valence-corrected chi connectivity index (χ0v) is 12.8. The van der Waals surface area contributed by atoms with E-state index in [9.17, 15) is 9.18 Å². The lowest BCUT2D eigenvalue weighted by atomic mass is 9.91. The number of nitrogens with zero attached hydrogens (tertiary/aromatic N) is 3. The van der Waals surface area contributed by atoms with Crippen molar-refractivity contribution in [1.29, 1.82) is 0 Å². The molecule has 114 valence electrons. The molecular formula is C16H16FN3OS. The molecule has 3 heterocycles. The molecule has 0 saturated carbocycles. The SMILES string of the molecule is O=C(c1cscn1)N1C[C@@H]2CN(Cc3cccc(F)c3)[C@@H]2C1. The summed E-state index contributed by atoms with van der Waals surface area (Å²) in [5, 5.41) is 1.80. The van der Waals surface area contributed by atoms with Gasteiger partial charge >= 0.3 is 0 Å². The number of hydrogen-bond donors (Lipinski definition) is 0. The summed E-state index contributed by atoms with van der Waals surface area (Å²) in [6, 6.07) is 7.14. The van der Waals surface area contributed by atoms with Crippen molar-refractivity contribution >= 4 is 17.2 Å². The Morgan fingerprint density at radius 3 is 3.05 bits per heavy atom. The Balaban J connectivity index is 1.40. The molecule has 4 rings (SSSR count). The Hall–Kier alpha value is -1.79. The molecule has 0 spiro atoms. The van der Waals surface area contributed by atoms with Crippen molar-refractivity contribution in [2.75, 3.05) is 19.6 Å². The van der Waals surface area contributed by atoms with E-state index in [1.807, 2.05) is 11.0 Å². The maximum atomic E-state index is 13.3. The average Bonchev–Trinajstić information content (AvgIpc) is 3.12. The van der Waals surface area contributed by atoms with Gasteiger partial charge in [-0.2, -0.15) is 0 Å². The van der Waals surface area contributed by atoms with E-state index in [0.717, 1.165) is 31.7 Å². The topological polar surface area (TPSA) is 36.4 Å². The van der Waals surface area contributed by atoms with Crippen LogP contribution in [0.3, 0.4) is 0 Å². The molecule has 1 amide bonds. The summed E-state index contributed by atoms with van der Waals surface area (Å²) in [4.78, 5) is 20.7. The van der Waals surface area contributed by atoms with Gasteiger partial charge in [0.15, 0.2) is 0 Å². The van der Waals surface area contributed by atoms with Gasteiger partial charge < -0.3 is 4.90 Å². The summed E-state index contributed by atoms with van der Waals surface area (Å²) in [5.41, 5.74) is 3.22. The number of carbonyl (C=O) groups excluding carboxylic acids is 1. The number of carbonyl (C=O) groups is 1. The van der Waals surface area contributed by atoms with Crippen molar-refractivity contribution in [3.05, 3.63) is 52.2 Å². The van der Waals surface area contributed by atoms with E-state index in [-0.39, 0.29) is 11.7 Å². The van der Waals surface area contributed by atoms with Gasteiger partial charge in [0.05, 0.1) is 5.51 Å². The van der Waals surface area contributed by atoms with E-state index in [1.165, 1.54) is 17.4 Å². The monoisotopic (exact) mass is 317 g/mol. The molecule has 6 heteroatoms. The minimum atomic E-state index is -0.193. The summed E-state index contributed by atoms with van der Waals surface area (Å²) in [7, 11) is 0. The second-order valence-corrected chi connectivity index (χ2v) is 6.69. The first kappa shape index (κ1) is 13.8. The summed E-state index contributed by atoms with van der Waals surface area (Å²) < 4.78 is 13.3. The smallest absolute Gasteiger partial charge is 0.273 e. The van der Waals surface area contributed by atoms with E-state index in [0.29, 0.717) is 17.7 Å². The molecule has 2 atom stereocenters. The number of likely N-dealkylation sites (tertiary alicyclic amines) is 2. The lowest BCUT2D eigenvalue weighted by molar-refractivity contribution is 0.0432.